The van der Waals surface area contributed by atoms with Crippen molar-refractivity contribution in [1.82, 2.24) is 0 Å². The summed E-state index contributed by atoms with van der Waals surface area (Å²) in [7, 11) is 0. The molecule has 0 bridgehead atoms. The molecule has 2 rings (SSSR count). The molecule has 4 heteroatoms. The summed E-state index contributed by atoms with van der Waals surface area (Å²) in [6, 6.07) is 0. The quantitative estimate of drug-likeness (QED) is 0.635. The molecule has 0 fully saturated rings. The zero-order chi connectivity index (χ0) is 9.59. The molecular formula is C9H10N2O2. The second-order valence-corrected chi connectivity index (χ2v) is 3.16. The third-order valence-corrected chi connectivity index (χ3v) is 2.32. The lowest BCUT2D eigenvalue weighted by Gasteiger charge is -2.06. The van der Waals surface area contributed by atoms with Crippen LogP contribution in [0.3, 0.4) is 0 Å². The van der Waals surface area contributed by atoms with Crippen molar-refractivity contribution in [2.24, 2.45) is 10.7 Å². The number of aryl methyl sites for hydroxylation is 1. The Bertz CT molecular complexity index is 415. The standard InChI is InChI=1S/C9H10N2O2/c1-4-5(2)13-8-6(4)3-7(12)11-9(8)10/h3H2,1-2H3,(H2,10,11,12). The predicted octanol–water partition coefficient (Wildman–Crippen LogP) is 0.684. The summed E-state index contributed by atoms with van der Waals surface area (Å²) in [6.07, 6.45) is 0.305. The Kier molecular flexibility index (Phi) is 1.52. The highest BCUT2D eigenvalue weighted by atomic mass is 16.3. The van der Waals surface area contributed by atoms with Crippen molar-refractivity contribution >= 4 is 11.7 Å². The normalized spacial score (nSPS) is 15.5. The molecule has 0 radical (unpaired) electrons. The Morgan fingerprint density at radius 2 is 2.15 bits per heavy atom. The number of nitrogens with two attached hydrogens (primary N) is 1. The second-order valence-electron chi connectivity index (χ2n) is 3.16. The Hall–Kier alpha value is -1.58. The molecule has 1 aromatic heterocycles. The highest BCUT2D eigenvalue weighted by Crippen LogP contribution is 2.24. The lowest BCUT2D eigenvalue weighted by atomic mass is 10.0. The zero-order valence-corrected chi connectivity index (χ0v) is 7.55. The van der Waals surface area contributed by atoms with E-state index >= 15 is 0 Å². The number of aliphatic imine (C=N–C) groups is 1. The van der Waals surface area contributed by atoms with E-state index in [0.29, 0.717) is 12.2 Å². The van der Waals surface area contributed by atoms with Gasteiger partial charge in [0.15, 0.2) is 11.6 Å². The molecule has 13 heavy (non-hydrogen) atoms. The first-order valence-electron chi connectivity index (χ1n) is 4.06. The molecule has 2 N–H and O–H groups in total. The van der Waals surface area contributed by atoms with Gasteiger partial charge in [0.05, 0.1) is 6.42 Å². The summed E-state index contributed by atoms with van der Waals surface area (Å²) in [6.45, 7) is 3.77. The number of amidine groups is 1. The van der Waals surface area contributed by atoms with E-state index in [4.69, 9.17) is 10.2 Å². The third-order valence-electron chi connectivity index (χ3n) is 2.32. The van der Waals surface area contributed by atoms with Crippen molar-refractivity contribution in [2.45, 2.75) is 20.3 Å². The minimum Gasteiger partial charge on any atom is -0.458 e. The fourth-order valence-electron chi connectivity index (χ4n) is 1.47. The van der Waals surface area contributed by atoms with Gasteiger partial charge in [0.25, 0.3) is 5.91 Å². The van der Waals surface area contributed by atoms with Crippen LogP contribution in [-0.4, -0.2) is 11.7 Å². The van der Waals surface area contributed by atoms with E-state index in [-0.39, 0.29) is 11.7 Å². The predicted molar refractivity (Wildman–Crippen MR) is 47.6 cm³/mol. The van der Waals surface area contributed by atoms with Gasteiger partial charge >= 0.3 is 0 Å². The van der Waals surface area contributed by atoms with E-state index < -0.39 is 0 Å². The minimum atomic E-state index is -0.200. The molecule has 0 saturated heterocycles. The van der Waals surface area contributed by atoms with Crippen LogP contribution in [0.2, 0.25) is 0 Å². The van der Waals surface area contributed by atoms with E-state index in [0.717, 1.165) is 16.9 Å². The monoisotopic (exact) mass is 178 g/mol. The number of fused-ring (bicyclic) bond motifs is 1. The van der Waals surface area contributed by atoms with Crippen molar-refractivity contribution in [3.8, 4) is 0 Å². The Labute approximate surface area is 75.4 Å². The van der Waals surface area contributed by atoms with Crippen LogP contribution < -0.4 is 5.73 Å². The van der Waals surface area contributed by atoms with Crippen LogP contribution in [0.4, 0.5) is 0 Å². The molecule has 0 saturated carbocycles. The molecule has 0 aromatic carbocycles. The van der Waals surface area contributed by atoms with Gasteiger partial charge < -0.3 is 10.2 Å². The maximum absolute atomic E-state index is 11.1. The third kappa shape index (κ3) is 1.06. The number of carbonyl (C=O) groups is 1. The van der Waals surface area contributed by atoms with Gasteiger partial charge in [-0.2, -0.15) is 4.99 Å². The number of rotatable bonds is 0. The second kappa shape index (κ2) is 2.45. The first-order valence-corrected chi connectivity index (χ1v) is 4.06. The van der Waals surface area contributed by atoms with Crippen molar-refractivity contribution in [2.75, 3.05) is 0 Å². The summed E-state index contributed by atoms with van der Waals surface area (Å²) in [5, 5.41) is 0. The maximum atomic E-state index is 11.1. The highest BCUT2D eigenvalue weighted by molar-refractivity contribution is 6.07. The Morgan fingerprint density at radius 3 is 2.85 bits per heavy atom. The number of amides is 1. The van der Waals surface area contributed by atoms with Gasteiger partial charge in [-0.3, -0.25) is 4.79 Å². The summed E-state index contributed by atoms with van der Waals surface area (Å²) >= 11 is 0. The number of nitrogens with zero attached hydrogens (tertiary/aromatic N) is 1. The van der Waals surface area contributed by atoms with Crippen molar-refractivity contribution in [1.29, 1.82) is 0 Å². The summed E-state index contributed by atoms with van der Waals surface area (Å²) in [5.74, 6) is 1.36. The Morgan fingerprint density at radius 1 is 1.46 bits per heavy atom. The topological polar surface area (TPSA) is 68.6 Å². The molecule has 1 aromatic rings. The van der Waals surface area contributed by atoms with E-state index in [1.54, 1.807) is 0 Å². The van der Waals surface area contributed by atoms with E-state index in [9.17, 15) is 4.79 Å². The average Bonchev–Trinajstić information content (AvgIpc) is 2.32. The van der Waals surface area contributed by atoms with Crippen LogP contribution >= 0.6 is 0 Å². The largest absolute Gasteiger partial charge is 0.458 e. The smallest absolute Gasteiger partial charge is 0.252 e. The van der Waals surface area contributed by atoms with Crippen LogP contribution in [0.15, 0.2) is 9.41 Å². The van der Waals surface area contributed by atoms with Gasteiger partial charge in [-0.1, -0.05) is 0 Å². The molecule has 0 unspecified atom stereocenters. The summed E-state index contributed by atoms with van der Waals surface area (Å²) < 4.78 is 5.39. The van der Waals surface area contributed by atoms with Crippen LogP contribution in [0, 0.1) is 13.8 Å². The van der Waals surface area contributed by atoms with E-state index in [1.165, 1.54) is 0 Å². The van der Waals surface area contributed by atoms with Gasteiger partial charge in [-0.05, 0) is 19.4 Å². The lowest BCUT2D eigenvalue weighted by Crippen LogP contribution is -2.22. The van der Waals surface area contributed by atoms with Crippen molar-refractivity contribution in [3.63, 3.8) is 0 Å². The van der Waals surface area contributed by atoms with Gasteiger partial charge in [0, 0.05) is 5.56 Å². The first kappa shape index (κ1) is 8.04. The molecule has 1 aliphatic rings. The zero-order valence-electron chi connectivity index (χ0n) is 7.55. The number of carbonyl (C=O) groups excluding carboxylic acids is 1. The Balaban J connectivity index is 2.66. The van der Waals surface area contributed by atoms with Crippen LogP contribution in [0.1, 0.15) is 22.6 Å². The number of hydrogen-bond donors (Lipinski definition) is 1. The van der Waals surface area contributed by atoms with Crippen molar-refractivity contribution in [3.05, 3.63) is 22.6 Å². The minimum absolute atomic E-state index is 0.197. The van der Waals surface area contributed by atoms with Gasteiger partial charge in [0.2, 0.25) is 0 Å². The van der Waals surface area contributed by atoms with Gasteiger partial charge in [-0.25, -0.2) is 0 Å². The fraction of sp³-hybridized carbons (Fsp3) is 0.333. The van der Waals surface area contributed by atoms with Gasteiger partial charge in [-0.15, -0.1) is 0 Å². The fourth-order valence-corrected chi connectivity index (χ4v) is 1.47. The SMILES string of the molecule is Cc1oc2c(c1C)CC(=O)N=C2N. The summed E-state index contributed by atoms with van der Waals surface area (Å²) in [5.41, 5.74) is 7.44. The van der Waals surface area contributed by atoms with Crippen LogP contribution in [0.5, 0.6) is 0 Å². The summed E-state index contributed by atoms with van der Waals surface area (Å²) in [4.78, 5) is 14.7. The number of hydrogen-bond acceptors (Lipinski definition) is 3. The average molecular weight is 178 g/mol. The van der Waals surface area contributed by atoms with Gasteiger partial charge in [0.1, 0.15) is 5.76 Å². The first-order chi connectivity index (χ1) is 6.09. The molecular weight excluding hydrogens is 168 g/mol. The maximum Gasteiger partial charge on any atom is 0.252 e. The molecule has 0 atom stereocenters. The highest BCUT2D eigenvalue weighted by Gasteiger charge is 2.24. The molecule has 4 nitrogen and oxygen atoms in total. The molecule has 0 spiro atoms. The molecule has 2 heterocycles. The lowest BCUT2D eigenvalue weighted by molar-refractivity contribution is -0.117. The molecule has 1 amide bonds. The van der Waals surface area contributed by atoms with Crippen LogP contribution in [-0.2, 0) is 11.2 Å². The molecule has 0 aliphatic carbocycles. The molecule has 68 valence electrons. The van der Waals surface area contributed by atoms with E-state index in [2.05, 4.69) is 4.99 Å². The van der Waals surface area contributed by atoms with Crippen LogP contribution in [0.25, 0.3) is 0 Å². The number of furan rings is 1. The van der Waals surface area contributed by atoms with Crippen molar-refractivity contribution < 1.29 is 9.21 Å². The molecule has 1 aliphatic heterocycles. The van der Waals surface area contributed by atoms with E-state index in [1.807, 2.05) is 13.8 Å².